The molecule has 1 heterocycles. The van der Waals surface area contributed by atoms with Crippen molar-refractivity contribution in [3.8, 4) is 5.75 Å². The first-order chi connectivity index (χ1) is 17.1. The second-order valence-electron chi connectivity index (χ2n) is 9.91. The van der Waals surface area contributed by atoms with Crippen molar-refractivity contribution in [2.45, 2.75) is 45.6 Å². The molecule has 1 aliphatic heterocycles. The molecule has 0 aromatic heterocycles. The molecule has 1 unspecified atom stereocenters. The summed E-state index contributed by atoms with van der Waals surface area (Å²) in [5, 5.41) is 11.6. The Morgan fingerprint density at radius 3 is 2.19 bits per heavy atom. The van der Waals surface area contributed by atoms with Crippen LogP contribution < -0.4 is 9.64 Å². The maximum absolute atomic E-state index is 13.8. The van der Waals surface area contributed by atoms with E-state index >= 15 is 0 Å². The molecule has 3 aromatic carbocycles. The fraction of sp³-hybridized carbons (Fsp3) is 0.267. The number of anilines is 1. The average Bonchev–Trinajstić information content (AvgIpc) is 3.13. The van der Waals surface area contributed by atoms with E-state index in [1.54, 1.807) is 24.3 Å². The Kier molecular flexibility index (Phi) is 6.72. The van der Waals surface area contributed by atoms with Crippen LogP contribution in [0.5, 0.6) is 5.75 Å². The quantitative estimate of drug-likeness (QED) is 0.260. The van der Waals surface area contributed by atoms with Gasteiger partial charge >= 0.3 is 0 Å². The van der Waals surface area contributed by atoms with Gasteiger partial charge in [0.2, 0.25) is 0 Å². The second kappa shape index (κ2) is 9.61. The summed E-state index contributed by atoms with van der Waals surface area (Å²) in [6, 6.07) is 17.4. The van der Waals surface area contributed by atoms with Crippen LogP contribution >= 0.6 is 0 Å². The van der Waals surface area contributed by atoms with Crippen molar-refractivity contribution in [1.29, 1.82) is 0 Å². The molecule has 0 radical (unpaired) electrons. The second-order valence-corrected chi connectivity index (χ2v) is 9.91. The average molecular weight is 488 g/mol. The van der Waals surface area contributed by atoms with E-state index in [1.165, 1.54) is 36.3 Å². The molecule has 1 aliphatic rings. The third-order valence-electron chi connectivity index (χ3n) is 6.57. The minimum atomic E-state index is -0.943. The number of ketones is 1. The molecule has 5 nitrogen and oxygen atoms in total. The van der Waals surface area contributed by atoms with Crippen molar-refractivity contribution < 1.29 is 23.8 Å². The van der Waals surface area contributed by atoms with Crippen LogP contribution in [0.15, 0.2) is 72.3 Å². The smallest absolute Gasteiger partial charge is 0.300 e. The minimum absolute atomic E-state index is 0.0736. The number of aliphatic hydroxyl groups is 1. The molecule has 1 saturated heterocycles. The van der Waals surface area contributed by atoms with E-state index in [-0.39, 0.29) is 16.7 Å². The highest BCUT2D eigenvalue weighted by molar-refractivity contribution is 6.51. The van der Waals surface area contributed by atoms with Gasteiger partial charge in [-0.2, -0.15) is 0 Å². The van der Waals surface area contributed by atoms with E-state index in [4.69, 9.17) is 4.74 Å². The first-order valence-electron chi connectivity index (χ1n) is 11.9. The molecule has 186 valence electrons. The normalized spacial score (nSPS) is 17.5. The zero-order valence-corrected chi connectivity index (χ0v) is 21.1. The van der Waals surface area contributed by atoms with Gasteiger partial charge in [0.05, 0.1) is 24.3 Å². The summed E-state index contributed by atoms with van der Waals surface area (Å²) in [4.78, 5) is 28.2. The molecular weight excluding hydrogens is 457 g/mol. The molecule has 1 fully saturated rings. The predicted octanol–water partition coefficient (Wildman–Crippen LogP) is 6.32. The summed E-state index contributed by atoms with van der Waals surface area (Å²) in [6.07, 6.45) is 0.824. The molecule has 1 amide bonds. The number of ether oxygens (including phenoxy) is 1. The number of carbonyl (C=O) groups is 2. The van der Waals surface area contributed by atoms with Crippen LogP contribution in [0.4, 0.5) is 10.1 Å². The summed E-state index contributed by atoms with van der Waals surface area (Å²) in [5.41, 5.74) is 3.03. The van der Waals surface area contributed by atoms with Gasteiger partial charge in [0.15, 0.2) is 0 Å². The number of amides is 1. The third-order valence-corrected chi connectivity index (χ3v) is 6.57. The van der Waals surface area contributed by atoms with Crippen LogP contribution in [-0.4, -0.2) is 23.9 Å². The van der Waals surface area contributed by atoms with Gasteiger partial charge in [-0.05, 0) is 64.9 Å². The Labute approximate surface area is 210 Å². The monoisotopic (exact) mass is 487 g/mol. The first-order valence-corrected chi connectivity index (χ1v) is 11.9. The van der Waals surface area contributed by atoms with Crippen LogP contribution in [0.1, 0.15) is 56.0 Å². The van der Waals surface area contributed by atoms with Crippen molar-refractivity contribution in [1.82, 2.24) is 0 Å². The van der Waals surface area contributed by atoms with Crippen molar-refractivity contribution in [3.63, 3.8) is 0 Å². The number of benzene rings is 3. The predicted molar refractivity (Wildman–Crippen MR) is 139 cm³/mol. The first kappa shape index (κ1) is 25.2. The maximum atomic E-state index is 13.8. The van der Waals surface area contributed by atoms with Crippen LogP contribution in [0.3, 0.4) is 0 Å². The minimum Gasteiger partial charge on any atom is -0.507 e. The summed E-state index contributed by atoms with van der Waals surface area (Å²) in [6.45, 7) is 8.14. The lowest BCUT2D eigenvalue weighted by molar-refractivity contribution is -0.132. The molecule has 0 aliphatic carbocycles. The topological polar surface area (TPSA) is 66.8 Å². The van der Waals surface area contributed by atoms with Crippen LogP contribution in [-0.2, 0) is 21.4 Å². The van der Waals surface area contributed by atoms with Gasteiger partial charge in [0.25, 0.3) is 11.7 Å². The molecule has 1 N–H and O–H groups in total. The Morgan fingerprint density at radius 1 is 1.00 bits per heavy atom. The van der Waals surface area contributed by atoms with E-state index in [9.17, 15) is 19.1 Å². The number of aryl methyl sites for hydroxylation is 1. The molecule has 6 heteroatoms. The highest BCUT2D eigenvalue weighted by Gasteiger charge is 2.47. The molecule has 0 saturated carbocycles. The van der Waals surface area contributed by atoms with Gasteiger partial charge in [-0.1, -0.05) is 58.0 Å². The highest BCUT2D eigenvalue weighted by Crippen LogP contribution is 2.44. The number of hydrogen-bond donors (Lipinski definition) is 1. The lowest BCUT2D eigenvalue weighted by Gasteiger charge is -2.26. The SMILES string of the molecule is CCc1ccc(N2C(=O)C(=O)/C(=C(/O)c3cc(C(C)(C)C)ccc3OC)C2c2ccc(F)cc2)cc1. The van der Waals surface area contributed by atoms with Gasteiger partial charge in [-0.15, -0.1) is 0 Å². The fourth-order valence-corrected chi connectivity index (χ4v) is 4.46. The van der Waals surface area contributed by atoms with Crippen molar-refractivity contribution >= 4 is 23.1 Å². The summed E-state index contributed by atoms with van der Waals surface area (Å²) < 4.78 is 19.3. The molecule has 4 rings (SSSR count). The van der Waals surface area contributed by atoms with Crippen LogP contribution in [0, 0.1) is 5.82 Å². The summed E-state index contributed by atoms with van der Waals surface area (Å²) >= 11 is 0. The van der Waals surface area contributed by atoms with E-state index in [2.05, 4.69) is 0 Å². The molecule has 1 atom stereocenters. The molecule has 0 bridgehead atoms. The Balaban J connectivity index is 1.97. The number of carbonyl (C=O) groups excluding carboxylic acids is 2. The Bertz CT molecular complexity index is 1330. The van der Waals surface area contributed by atoms with Crippen LogP contribution in [0.2, 0.25) is 0 Å². The molecular formula is C30H30FNO4. The Morgan fingerprint density at radius 2 is 1.64 bits per heavy atom. The Hall–Kier alpha value is -3.93. The van der Waals surface area contributed by atoms with Gasteiger partial charge in [-0.25, -0.2) is 4.39 Å². The van der Waals surface area contributed by atoms with E-state index in [1.807, 2.05) is 45.9 Å². The summed E-state index contributed by atoms with van der Waals surface area (Å²) in [7, 11) is 1.48. The zero-order valence-electron chi connectivity index (χ0n) is 21.1. The summed E-state index contributed by atoms with van der Waals surface area (Å²) in [5.74, 6) is -1.98. The largest absolute Gasteiger partial charge is 0.507 e. The number of aliphatic hydroxyl groups excluding tert-OH is 1. The number of halogens is 1. The number of hydrogen-bond acceptors (Lipinski definition) is 4. The number of Topliss-reactive ketones (excluding diaryl/α,β-unsaturated/α-hetero) is 1. The van der Waals surface area contributed by atoms with E-state index in [0.29, 0.717) is 22.6 Å². The number of rotatable bonds is 5. The van der Waals surface area contributed by atoms with Crippen molar-refractivity contribution in [2.75, 3.05) is 12.0 Å². The van der Waals surface area contributed by atoms with Gasteiger partial charge in [-0.3, -0.25) is 14.5 Å². The van der Waals surface area contributed by atoms with Crippen molar-refractivity contribution in [3.05, 3.63) is 100 Å². The van der Waals surface area contributed by atoms with Gasteiger partial charge in [0.1, 0.15) is 17.3 Å². The zero-order chi connectivity index (χ0) is 26.2. The standard InChI is InChI=1S/C30H30FNO4/c1-6-18-7-14-22(15-8-18)32-26(19-9-12-21(31)13-10-19)25(28(34)29(32)35)27(33)23-17-20(30(2,3)4)11-16-24(23)36-5/h7-17,26,33H,6H2,1-5H3/b27-25+. The van der Waals surface area contributed by atoms with E-state index in [0.717, 1.165) is 17.5 Å². The highest BCUT2D eigenvalue weighted by atomic mass is 19.1. The number of nitrogens with zero attached hydrogens (tertiary/aromatic N) is 1. The third kappa shape index (κ3) is 4.51. The van der Waals surface area contributed by atoms with Crippen LogP contribution in [0.25, 0.3) is 5.76 Å². The number of methoxy groups -OCH3 is 1. The van der Waals surface area contributed by atoms with Gasteiger partial charge in [0, 0.05) is 5.69 Å². The fourth-order valence-electron chi connectivity index (χ4n) is 4.46. The van der Waals surface area contributed by atoms with Gasteiger partial charge < -0.3 is 9.84 Å². The lowest BCUT2D eigenvalue weighted by Crippen LogP contribution is -2.29. The molecule has 36 heavy (non-hydrogen) atoms. The van der Waals surface area contributed by atoms with Crippen molar-refractivity contribution in [2.24, 2.45) is 0 Å². The molecule has 3 aromatic rings. The molecule has 0 spiro atoms. The van der Waals surface area contributed by atoms with E-state index < -0.39 is 23.5 Å². The lowest BCUT2D eigenvalue weighted by atomic mass is 9.85. The maximum Gasteiger partial charge on any atom is 0.300 e.